The molecule has 2 aliphatic rings. The van der Waals surface area contributed by atoms with Gasteiger partial charge in [0.05, 0.1) is 0 Å². The van der Waals surface area contributed by atoms with Crippen LogP contribution in [0.5, 0.6) is 5.75 Å². The number of nitrogens with zero attached hydrogens (tertiary/aromatic N) is 2. The molecule has 6 heteroatoms. The van der Waals surface area contributed by atoms with Gasteiger partial charge >= 0.3 is 0 Å². The van der Waals surface area contributed by atoms with Crippen LogP contribution in [0.4, 0.5) is 11.4 Å². The van der Waals surface area contributed by atoms with Gasteiger partial charge in [-0.25, -0.2) is 0 Å². The van der Waals surface area contributed by atoms with Gasteiger partial charge < -0.3 is 19.9 Å². The van der Waals surface area contributed by atoms with Crippen LogP contribution in [0.25, 0.3) is 0 Å². The Kier molecular flexibility index (Phi) is 5.60. The van der Waals surface area contributed by atoms with Crippen molar-refractivity contribution in [1.29, 1.82) is 0 Å². The van der Waals surface area contributed by atoms with Gasteiger partial charge in [0.15, 0.2) is 5.75 Å². The summed E-state index contributed by atoms with van der Waals surface area (Å²) in [5.41, 5.74) is 2.96. The second-order valence-corrected chi connectivity index (χ2v) is 7.99. The number of benzene rings is 1. The van der Waals surface area contributed by atoms with Crippen LogP contribution >= 0.6 is 0 Å². The second kappa shape index (κ2) is 8.31. The van der Waals surface area contributed by atoms with E-state index >= 15 is 0 Å². The summed E-state index contributed by atoms with van der Waals surface area (Å²) in [6.07, 6.45) is 6.35. The number of hydrogen-bond donors (Lipinski definition) is 2. The van der Waals surface area contributed by atoms with Gasteiger partial charge in [-0.3, -0.25) is 9.59 Å². The molecule has 0 saturated carbocycles. The zero-order valence-corrected chi connectivity index (χ0v) is 17.0. The topological polar surface area (TPSA) is 76.6 Å². The number of H-pyrrole nitrogens is 1. The van der Waals surface area contributed by atoms with Crippen molar-refractivity contribution in [2.24, 2.45) is 0 Å². The van der Waals surface area contributed by atoms with Crippen molar-refractivity contribution in [2.45, 2.75) is 51.9 Å². The van der Waals surface area contributed by atoms with E-state index in [1.165, 1.54) is 5.56 Å². The van der Waals surface area contributed by atoms with E-state index in [-0.39, 0.29) is 17.2 Å². The third kappa shape index (κ3) is 3.63. The first kappa shape index (κ1) is 19.6. The molecule has 1 aromatic carbocycles. The van der Waals surface area contributed by atoms with E-state index in [2.05, 4.69) is 22.9 Å². The first-order chi connectivity index (χ1) is 14.1. The fraction of sp³-hybridized carbons (Fsp3) is 0.478. The zero-order chi connectivity index (χ0) is 20.4. The Morgan fingerprint density at radius 3 is 2.66 bits per heavy atom. The number of fused-ring (bicyclic) bond motifs is 1. The van der Waals surface area contributed by atoms with Crippen LogP contribution in [-0.4, -0.2) is 40.5 Å². The summed E-state index contributed by atoms with van der Waals surface area (Å²) in [6.45, 7) is 4.11. The highest BCUT2D eigenvalue weighted by molar-refractivity contribution is 5.99. The predicted molar refractivity (Wildman–Crippen MR) is 114 cm³/mol. The van der Waals surface area contributed by atoms with E-state index in [0.29, 0.717) is 30.9 Å². The van der Waals surface area contributed by atoms with Crippen molar-refractivity contribution >= 4 is 17.3 Å². The molecule has 0 atom stereocenters. The Morgan fingerprint density at radius 1 is 1.14 bits per heavy atom. The van der Waals surface area contributed by atoms with Crippen molar-refractivity contribution in [3.63, 3.8) is 0 Å². The first-order valence-electron chi connectivity index (χ1n) is 10.7. The number of pyridine rings is 1. The maximum Gasteiger partial charge on any atom is 0.264 e. The minimum Gasteiger partial charge on any atom is -0.505 e. The van der Waals surface area contributed by atoms with Gasteiger partial charge in [0.1, 0.15) is 11.3 Å². The third-order valence-electron chi connectivity index (χ3n) is 6.01. The van der Waals surface area contributed by atoms with Crippen molar-refractivity contribution in [1.82, 2.24) is 9.88 Å². The number of aryl methyl sites for hydroxylation is 2. The van der Waals surface area contributed by atoms with Crippen LogP contribution in [0.1, 0.15) is 60.6 Å². The van der Waals surface area contributed by atoms with Gasteiger partial charge in [-0.2, -0.15) is 0 Å². The van der Waals surface area contributed by atoms with E-state index in [1.807, 2.05) is 18.2 Å². The predicted octanol–water partition coefficient (Wildman–Crippen LogP) is 3.74. The number of aromatic amines is 1. The molecule has 0 radical (unpaired) electrons. The molecule has 3 heterocycles. The summed E-state index contributed by atoms with van der Waals surface area (Å²) >= 11 is 0. The standard InChI is InChI=1S/C23H29N3O3/c1-2-3-11-17-20(26-15-8-10-16-9-4-5-12-18(16)26)21(27)19(22(28)24-17)23(29)25-13-6-7-14-25/h4-5,9,12H,2-3,6-8,10-11,13-15H2,1H3,(H2,24,27,28). The molecule has 1 saturated heterocycles. The van der Waals surface area contributed by atoms with Crippen LogP contribution < -0.4 is 10.5 Å². The van der Waals surface area contributed by atoms with Gasteiger partial charge in [-0.1, -0.05) is 31.5 Å². The molecule has 1 fully saturated rings. The number of carbonyl (C=O) groups is 1. The first-order valence-corrected chi connectivity index (χ1v) is 10.7. The molecular formula is C23H29N3O3. The number of para-hydroxylation sites is 1. The largest absolute Gasteiger partial charge is 0.505 e. The van der Waals surface area contributed by atoms with E-state index in [1.54, 1.807) is 4.90 Å². The van der Waals surface area contributed by atoms with Gasteiger partial charge in [-0.05, 0) is 50.2 Å². The molecule has 0 spiro atoms. The molecule has 2 aromatic rings. The van der Waals surface area contributed by atoms with E-state index < -0.39 is 5.56 Å². The normalized spacial score (nSPS) is 16.2. The van der Waals surface area contributed by atoms with Gasteiger partial charge in [0.25, 0.3) is 11.5 Å². The number of nitrogens with one attached hydrogen (secondary N) is 1. The van der Waals surface area contributed by atoms with E-state index in [9.17, 15) is 14.7 Å². The summed E-state index contributed by atoms with van der Waals surface area (Å²) in [7, 11) is 0. The highest BCUT2D eigenvalue weighted by Crippen LogP contribution is 2.41. The summed E-state index contributed by atoms with van der Waals surface area (Å²) in [4.78, 5) is 32.5. The van der Waals surface area contributed by atoms with E-state index in [4.69, 9.17) is 0 Å². The number of anilines is 2. The fourth-order valence-corrected chi connectivity index (χ4v) is 4.50. The number of aromatic nitrogens is 1. The number of rotatable bonds is 5. The molecule has 0 unspecified atom stereocenters. The van der Waals surface area contributed by atoms with Crippen LogP contribution in [-0.2, 0) is 12.8 Å². The second-order valence-electron chi connectivity index (χ2n) is 7.99. The minimum absolute atomic E-state index is 0.120. The molecule has 0 aliphatic carbocycles. The summed E-state index contributed by atoms with van der Waals surface area (Å²) in [6, 6.07) is 8.16. The summed E-state index contributed by atoms with van der Waals surface area (Å²) in [5, 5.41) is 11.2. The Labute approximate surface area is 171 Å². The van der Waals surface area contributed by atoms with Crippen molar-refractivity contribution in [3.8, 4) is 5.75 Å². The number of likely N-dealkylation sites (tertiary alicyclic amines) is 1. The zero-order valence-electron chi connectivity index (χ0n) is 17.0. The fourth-order valence-electron chi connectivity index (χ4n) is 4.50. The lowest BCUT2D eigenvalue weighted by atomic mass is 9.99. The molecule has 154 valence electrons. The van der Waals surface area contributed by atoms with Crippen molar-refractivity contribution in [2.75, 3.05) is 24.5 Å². The van der Waals surface area contributed by atoms with E-state index in [0.717, 1.165) is 50.8 Å². The SMILES string of the molecule is CCCCc1[nH]c(=O)c(C(=O)N2CCCC2)c(O)c1N1CCCc2ccccc21. The van der Waals surface area contributed by atoms with Crippen LogP contribution in [0, 0.1) is 0 Å². The third-order valence-corrected chi connectivity index (χ3v) is 6.01. The summed E-state index contributed by atoms with van der Waals surface area (Å²) < 4.78 is 0. The molecule has 4 rings (SSSR count). The number of amides is 1. The number of unbranched alkanes of at least 4 members (excludes halogenated alkanes) is 1. The maximum absolute atomic E-state index is 13.0. The van der Waals surface area contributed by atoms with Gasteiger partial charge in [-0.15, -0.1) is 0 Å². The number of carbonyl (C=O) groups excluding carboxylic acids is 1. The molecule has 6 nitrogen and oxygen atoms in total. The number of hydrogen-bond acceptors (Lipinski definition) is 4. The molecule has 0 bridgehead atoms. The Balaban J connectivity index is 1.86. The lowest BCUT2D eigenvalue weighted by molar-refractivity contribution is 0.0788. The van der Waals surface area contributed by atoms with Gasteiger partial charge in [0, 0.05) is 31.0 Å². The summed E-state index contributed by atoms with van der Waals surface area (Å²) in [5.74, 6) is -0.539. The maximum atomic E-state index is 13.0. The Bertz CT molecular complexity index is 960. The molecule has 29 heavy (non-hydrogen) atoms. The van der Waals surface area contributed by atoms with Crippen molar-refractivity contribution < 1.29 is 9.90 Å². The average Bonchev–Trinajstić information content (AvgIpc) is 3.27. The highest BCUT2D eigenvalue weighted by Gasteiger charge is 2.31. The molecule has 2 aliphatic heterocycles. The lowest BCUT2D eigenvalue weighted by Gasteiger charge is -2.33. The van der Waals surface area contributed by atoms with Gasteiger partial charge in [0.2, 0.25) is 0 Å². The smallest absolute Gasteiger partial charge is 0.264 e. The minimum atomic E-state index is -0.487. The lowest BCUT2D eigenvalue weighted by Crippen LogP contribution is -2.34. The average molecular weight is 396 g/mol. The monoisotopic (exact) mass is 395 g/mol. The highest BCUT2D eigenvalue weighted by atomic mass is 16.3. The Morgan fingerprint density at radius 2 is 1.90 bits per heavy atom. The molecule has 1 amide bonds. The number of aromatic hydroxyl groups is 1. The van der Waals surface area contributed by atoms with Crippen LogP contribution in [0.15, 0.2) is 29.1 Å². The van der Waals surface area contributed by atoms with Crippen LogP contribution in [0.3, 0.4) is 0 Å². The molecule has 2 N–H and O–H groups in total. The Hall–Kier alpha value is -2.76. The molecular weight excluding hydrogens is 366 g/mol. The quantitative estimate of drug-likeness (QED) is 0.809. The van der Waals surface area contributed by atoms with Crippen LogP contribution in [0.2, 0.25) is 0 Å². The van der Waals surface area contributed by atoms with Crippen molar-refractivity contribution in [3.05, 3.63) is 51.4 Å². The molecule has 1 aromatic heterocycles.